The maximum absolute atomic E-state index is 6.52. The van der Waals surface area contributed by atoms with Crippen LogP contribution in [-0.4, -0.2) is 11.2 Å². The minimum Gasteiger partial charge on any atom is -0.339 e. The van der Waals surface area contributed by atoms with Crippen molar-refractivity contribution in [3.8, 4) is 11.3 Å². The fourth-order valence-electron chi connectivity index (χ4n) is 3.64. The van der Waals surface area contributed by atoms with Crippen molar-refractivity contribution >= 4 is 10.9 Å². The van der Waals surface area contributed by atoms with Crippen LogP contribution in [0.25, 0.3) is 22.2 Å². The van der Waals surface area contributed by atoms with Gasteiger partial charge in [-0.1, -0.05) is 78.9 Å². The quantitative estimate of drug-likeness (QED) is 0.554. The maximum Gasteiger partial charge on any atom is 0.0742 e. The normalized spacial score (nSPS) is 12.4. The molecule has 3 aromatic carbocycles. The average Bonchev–Trinajstić information content (AvgIpc) is 2.97. The molecule has 4 rings (SSSR count). The Hall–Kier alpha value is -3.04. The zero-order valence-corrected chi connectivity index (χ0v) is 14.0. The fraction of sp³-hybridized carbons (Fsp3) is 0.0909. The molecule has 4 aromatic rings. The molecule has 0 aliphatic heterocycles. The van der Waals surface area contributed by atoms with Crippen molar-refractivity contribution in [3.63, 3.8) is 0 Å². The summed E-state index contributed by atoms with van der Waals surface area (Å²) in [7, 11) is 0. The monoisotopic (exact) mass is 327 g/mol. The van der Waals surface area contributed by atoms with Crippen molar-refractivity contribution in [2.45, 2.75) is 5.92 Å². The summed E-state index contributed by atoms with van der Waals surface area (Å²) in [6.45, 7) is 0.526. The molecule has 124 valence electrons. The molecule has 1 atom stereocenters. The first kappa shape index (κ1) is 15.5. The zero-order chi connectivity index (χ0) is 17.2. The molecule has 0 bridgehead atoms. The topological polar surface area (TPSA) is 57.0 Å². The van der Waals surface area contributed by atoms with Gasteiger partial charge in [-0.25, -0.2) is 0 Å². The Balaban J connectivity index is 2.05. The van der Waals surface area contributed by atoms with Crippen molar-refractivity contribution in [1.82, 2.24) is 4.68 Å². The van der Waals surface area contributed by atoms with E-state index < -0.39 is 0 Å². The van der Waals surface area contributed by atoms with Gasteiger partial charge in [-0.3, -0.25) is 4.68 Å². The highest BCUT2D eigenvalue weighted by molar-refractivity contribution is 5.93. The number of nitrogens with zero attached hydrogens (tertiary/aromatic N) is 1. The van der Waals surface area contributed by atoms with Crippen LogP contribution in [0.15, 0.2) is 84.9 Å². The third-order valence-electron chi connectivity index (χ3n) is 4.78. The number of hydrogen-bond acceptors (Lipinski definition) is 2. The molecular weight excluding hydrogens is 306 g/mol. The lowest BCUT2D eigenvalue weighted by Crippen LogP contribution is -2.16. The van der Waals surface area contributed by atoms with Crippen LogP contribution < -0.4 is 11.6 Å². The average molecular weight is 327 g/mol. The fourth-order valence-corrected chi connectivity index (χ4v) is 3.64. The summed E-state index contributed by atoms with van der Waals surface area (Å²) in [5.74, 6) is 6.61. The van der Waals surface area contributed by atoms with E-state index in [1.165, 1.54) is 11.1 Å². The summed E-state index contributed by atoms with van der Waals surface area (Å²) in [4.78, 5) is 0. The lowest BCUT2D eigenvalue weighted by Gasteiger charge is -2.18. The van der Waals surface area contributed by atoms with E-state index in [1.807, 2.05) is 30.3 Å². The molecule has 1 unspecified atom stereocenters. The van der Waals surface area contributed by atoms with Gasteiger partial charge in [0.15, 0.2) is 0 Å². The first-order chi connectivity index (χ1) is 12.3. The van der Waals surface area contributed by atoms with Gasteiger partial charge in [0.05, 0.1) is 11.2 Å². The standard InChI is InChI=1S/C22H21N3/c23-15-19(16-9-3-1-4-10-16)21-18-13-7-8-14-20(18)25(24)22(21)17-11-5-2-6-12-17/h1-14,19H,15,23-24H2. The van der Waals surface area contributed by atoms with E-state index in [4.69, 9.17) is 11.6 Å². The highest BCUT2D eigenvalue weighted by Gasteiger charge is 2.24. The van der Waals surface area contributed by atoms with Crippen molar-refractivity contribution in [1.29, 1.82) is 0 Å². The highest BCUT2D eigenvalue weighted by atomic mass is 15.3. The molecule has 25 heavy (non-hydrogen) atoms. The van der Waals surface area contributed by atoms with E-state index >= 15 is 0 Å². The van der Waals surface area contributed by atoms with Crippen LogP contribution in [0.1, 0.15) is 17.0 Å². The van der Waals surface area contributed by atoms with Crippen molar-refractivity contribution in [3.05, 3.63) is 96.1 Å². The predicted octanol–water partition coefficient (Wildman–Crippen LogP) is 4.11. The Labute approximate surface area is 147 Å². The molecule has 0 saturated heterocycles. The first-order valence-corrected chi connectivity index (χ1v) is 8.50. The SMILES string of the molecule is NCC(c1ccccc1)c1c(-c2ccccc2)n(N)c2ccccc12. The molecule has 0 radical (unpaired) electrons. The Morgan fingerprint density at radius 1 is 0.760 bits per heavy atom. The van der Waals surface area contributed by atoms with Gasteiger partial charge in [0.25, 0.3) is 0 Å². The van der Waals surface area contributed by atoms with Crippen LogP contribution in [-0.2, 0) is 0 Å². The lowest BCUT2D eigenvalue weighted by molar-refractivity contribution is 0.823. The number of nitrogens with two attached hydrogens (primary N) is 2. The molecular formula is C22H21N3. The maximum atomic E-state index is 6.52. The number of aromatic nitrogens is 1. The van der Waals surface area contributed by atoms with E-state index in [-0.39, 0.29) is 5.92 Å². The molecule has 0 fully saturated rings. The highest BCUT2D eigenvalue weighted by Crippen LogP contribution is 2.39. The summed E-state index contributed by atoms with van der Waals surface area (Å²) in [5.41, 5.74) is 11.8. The summed E-state index contributed by atoms with van der Waals surface area (Å²) < 4.78 is 1.80. The van der Waals surface area contributed by atoms with Gasteiger partial charge < -0.3 is 11.6 Å². The molecule has 0 aliphatic rings. The van der Waals surface area contributed by atoms with E-state index in [9.17, 15) is 0 Å². The Kier molecular flexibility index (Phi) is 4.00. The Morgan fingerprint density at radius 3 is 2.04 bits per heavy atom. The van der Waals surface area contributed by atoms with Crippen LogP contribution in [0.4, 0.5) is 0 Å². The zero-order valence-electron chi connectivity index (χ0n) is 14.0. The summed E-state index contributed by atoms with van der Waals surface area (Å²) >= 11 is 0. The molecule has 3 heteroatoms. The van der Waals surface area contributed by atoms with Crippen LogP contribution in [0, 0.1) is 0 Å². The smallest absolute Gasteiger partial charge is 0.0742 e. The molecule has 1 aromatic heterocycles. The molecule has 0 aliphatic carbocycles. The minimum absolute atomic E-state index is 0.0890. The second-order valence-corrected chi connectivity index (χ2v) is 6.21. The summed E-state index contributed by atoms with van der Waals surface area (Å²) in [6, 6.07) is 29.0. The third-order valence-corrected chi connectivity index (χ3v) is 4.78. The Bertz CT molecular complexity index is 988. The van der Waals surface area contributed by atoms with Crippen molar-refractivity contribution in [2.75, 3.05) is 12.4 Å². The van der Waals surface area contributed by atoms with Crippen molar-refractivity contribution in [2.24, 2.45) is 5.73 Å². The van der Waals surface area contributed by atoms with Gasteiger partial charge in [-0.2, -0.15) is 0 Å². The van der Waals surface area contributed by atoms with Crippen LogP contribution in [0.2, 0.25) is 0 Å². The number of nitrogen functional groups attached to an aromatic ring is 1. The van der Waals surface area contributed by atoms with Gasteiger partial charge in [0.1, 0.15) is 0 Å². The third kappa shape index (κ3) is 2.59. The Morgan fingerprint density at radius 2 is 1.36 bits per heavy atom. The van der Waals surface area contributed by atoms with Gasteiger partial charge in [0.2, 0.25) is 0 Å². The van der Waals surface area contributed by atoms with Crippen molar-refractivity contribution < 1.29 is 0 Å². The predicted molar refractivity (Wildman–Crippen MR) is 105 cm³/mol. The molecule has 0 amide bonds. The van der Waals surface area contributed by atoms with Gasteiger partial charge >= 0.3 is 0 Å². The molecule has 0 saturated carbocycles. The van der Waals surface area contributed by atoms with E-state index in [0.29, 0.717) is 6.54 Å². The lowest BCUT2D eigenvalue weighted by atomic mass is 9.87. The van der Waals surface area contributed by atoms with E-state index in [1.54, 1.807) is 4.68 Å². The van der Waals surface area contributed by atoms with Crippen LogP contribution in [0.5, 0.6) is 0 Å². The molecule has 0 spiro atoms. The first-order valence-electron chi connectivity index (χ1n) is 8.50. The number of rotatable bonds is 4. The van der Waals surface area contributed by atoms with Gasteiger partial charge in [-0.05, 0) is 17.2 Å². The molecule has 3 nitrogen and oxygen atoms in total. The number of para-hydroxylation sites is 1. The van der Waals surface area contributed by atoms with Gasteiger partial charge in [-0.15, -0.1) is 0 Å². The number of fused-ring (bicyclic) bond motifs is 1. The second-order valence-electron chi connectivity index (χ2n) is 6.21. The minimum atomic E-state index is 0.0890. The second kappa shape index (κ2) is 6.46. The number of hydrogen-bond donors (Lipinski definition) is 2. The summed E-state index contributed by atoms with van der Waals surface area (Å²) in [6.07, 6.45) is 0. The van der Waals surface area contributed by atoms with E-state index in [0.717, 1.165) is 22.2 Å². The van der Waals surface area contributed by atoms with Crippen LogP contribution in [0.3, 0.4) is 0 Å². The largest absolute Gasteiger partial charge is 0.339 e. The van der Waals surface area contributed by atoms with Crippen LogP contribution >= 0.6 is 0 Å². The van der Waals surface area contributed by atoms with Gasteiger partial charge in [0, 0.05) is 23.4 Å². The number of benzene rings is 3. The molecule has 4 N–H and O–H groups in total. The summed E-state index contributed by atoms with van der Waals surface area (Å²) in [5, 5.41) is 1.16. The van der Waals surface area contributed by atoms with E-state index in [2.05, 4.69) is 54.6 Å². The molecule has 1 heterocycles.